The molecule has 2 aromatic rings. The van der Waals surface area contributed by atoms with Crippen LogP contribution < -0.4 is 5.32 Å². The monoisotopic (exact) mass is 379 g/mol. The molecule has 0 radical (unpaired) electrons. The zero-order chi connectivity index (χ0) is 20.1. The number of aliphatic carboxylic acids is 1. The average Bonchev–Trinajstić information content (AvgIpc) is 3.13. The van der Waals surface area contributed by atoms with Gasteiger partial charge in [0, 0.05) is 18.3 Å². The van der Waals surface area contributed by atoms with Gasteiger partial charge in [-0.2, -0.15) is 0 Å². The standard InChI is InChI=1S/C23H25NO4/c1-15(24-23(28)19-13-17-9-5-6-10-18(17)14-19)22(27)20(11-12-21(25)26)16-7-3-2-4-8-16/h2-10,15,19-20H,11-14H2,1H3,(H,24,28)(H,25,26)/t15-,20?/m0/s1. The molecule has 0 fully saturated rings. The fourth-order valence-corrected chi connectivity index (χ4v) is 3.87. The number of benzene rings is 2. The van der Waals surface area contributed by atoms with Crippen molar-refractivity contribution in [3.05, 3.63) is 71.3 Å². The Morgan fingerprint density at radius 2 is 1.57 bits per heavy atom. The third kappa shape index (κ3) is 4.66. The van der Waals surface area contributed by atoms with Crippen molar-refractivity contribution in [2.45, 2.75) is 44.6 Å². The number of carboxylic acid groups (broad SMARTS) is 1. The van der Waals surface area contributed by atoms with Crippen molar-refractivity contribution < 1.29 is 19.5 Å². The van der Waals surface area contributed by atoms with Crippen LogP contribution in [-0.2, 0) is 27.2 Å². The van der Waals surface area contributed by atoms with E-state index < -0.39 is 17.9 Å². The molecule has 3 rings (SSSR count). The molecule has 1 amide bonds. The zero-order valence-corrected chi connectivity index (χ0v) is 15.9. The molecule has 2 N–H and O–H groups in total. The first-order chi connectivity index (χ1) is 13.5. The fraction of sp³-hybridized carbons (Fsp3) is 0.348. The van der Waals surface area contributed by atoms with Crippen molar-refractivity contribution in [3.8, 4) is 0 Å². The molecule has 0 saturated heterocycles. The second kappa shape index (κ2) is 8.83. The van der Waals surface area contributed by atoms with Crippen LogP contribution in [0, 0.1) is 5.92 Å². The number of carbonyl (C=O) groups is 3. The van der Waals surface area contributed by atoms with E-state index in [1.807, 2.05) is 54.6 Å². The molecule has 0 heterocycles. The Morgan fingerprint density at radius 1 is 1.00 bits per heavy atom. The number of Topliss-reactive ketones (excluding diaryl/α,β-unsaturated/α-hetero) is 1. The number of fused-ring (bicyclic) bond motifs is 1. The summed E-state index contributed by atoms with van der Waals surface area (Å²) >= 11 is 0. The van der Waals surface area contributed by atoms with E-state index in [9.17, 15) is 14.4 Å². The Bertz CT molecular complexity index is 837. The maximum atomic E-state index is 13.0. The number of carbonyl (C=O) groups excluding carboxylic acids is 2. The van der Waals surface area contributed by atoms with Crippen LogP contribution in [0.4, 0.5) is 0 Å². The summed E-state index contributed by atoms with van der Waals surface area (Å²) in [5.41, 5.74) is 3.15. The van der Waals surface area contributed by atoms with Gasteiger partial charge >= 0.3 is 5.97 Å². The molecule has 0 spiro atoms. The van der Waals surface area contributed by atoms with Gasteiger partial charge in [0.1, 0.15) is 0 Å². The van der Waals surface area contributed by atoms with E-state index in [1.54, 1.807) is 6.92 Å². The molecular formula is C23H25NO4. The largest absolute Gasteiger partial charge is 0.481 e. The summed E-state index contributed by atoms with van der Waals surface area (Å²) in [6, 6.07) is 16.5. The van der Waals surface area contributed by atoms with Crippen LogP contribution in [0.15, 0.2) is 54.6 Å². The van der Waals surface area contributed by atoms with Crippen molar-refractivity contribution in [3.63, 3.8) is 0 Å². The quantitative estimate of drug-likeness (QED) is 0.738. The van der Waals surface area contributed by atoms with Crippen LogP contribution in [-0.4, -0.2) is 28.8 Å². The number of nitrogens with one attached hydrogen (secondary N) is 1. The summed E-state index contributed by atoms with van der Waals surface area (Å²) in [4.78, 5) is 36.7. The molecule has 1 aliphatic carbocycles. The van der Waals surface area contributed by atoms with Gasteiger partial charge in [-0.3, -0.25) is 14.4 Å². The maximum absolute atomic E-state index is 13.0. The Kier molecular flexibility index (Phi) is 6.24. The van der Waals surface area contributed by atoms with Crippen molar-refractivity contribution in [2.75, 3.05) is 0 Å². The lowest BCUT2D eigenvalue weighted by atomic mass is 9.87. The van der Waals surface area contributed by atoms with E-state index in [0.717, 1.165) is 5.56 Å². The van der Waals surface area contributed by atoms with E-state index in [4.69, 9.17) is 5.11 Å². The highest BCUT2D eigenvalue weighted by atomic mass is 16.4. The Hall–Kier alpha value is -2.95. The number of ketones is 1. The molecule has 0 saturated carbocycles. The average molecular weight is 379 g/mol. The Labute approximate surface area is 164 Å². The van der Waals surface area contributed by atoms with E-state index in [0.29, 0.717) is 12.8 Å². The van der Waals surface area contributed by atoms with E-state index >= 15 is 0 Å². The predicted molar refractivity (Wildman–Crippen MR) is 106 cm³/mol. The molecule has 0 bridgehead atoms. The van der Waals surface area contributed by atoms with Crippen molar-refractivity contribution in [1.29, 1.82) is 0 Å². The minimum absolute atomic E-state index is 0.0934. The maximum Gasteiger partial charge on any atom is 0.303 e. The van der Waals surface area contributed by atoms with Gasteiger partial charge in [-0.25, -0.2) is 0 Å². The van der Waals surface area contributed by atoms with Gasteiger partial charge < -0.3 is 10.4 Å². The number of rotatable bonds is 8. The van der Waals surface area contributed by atoms with E-state index in [-0.39, 0.29) is 30.4 Å². The molecule has 5 nitrogen and oxygen atoms in total. The highest BCUT2D eigenvalue weighted by Crippen LogP contribution is 2.27. The lowest BCUT2D eigenvalue weighted by Crippen LogP contribution is -2.43. The molecule has 1 aliphatic rings. The lowest BCUT2D eigenvalue weighted by molar-refractivity contribution is -0.137. The van der Waals surface area contributed by atoms with Gasteiger partial charge in [-0.05, 0) is 42.9 Å². The second-order valence-corrected chi connectivity index (χ2v) is 7.40. The van der Waals surface area contributed by atoms with Crippen LogP contribution in [0.1, 0.15) is 42.4 Å². The molecule has 146 valence electrons. The minimum Gasteiger partial charge on any atom is -0.481 e. The first kappa shape index (κ1) is 19.8. The Morgan fingerprint density at radius 3 is 2.14 bits per heavy atom. The number of hydrogen-bond donors (Lipinski definition) is 2. The van der Waals surface area contributed by atoms with Crippen LogP contribution in [0.2, 0.25) is 0 Å². The first-order valence-electron chi connectivity index (χ1n) is 9.63. The van der Waals surface area contributed by atoms with Crippen LogP contribution >= 0.6 is 0 Å². The Balaban J connectivity index is 1.66. The molecule has 2 aromatic carbocycles. The predicted octanol–water partition coefficient (Wildman–Crippen LogP) is 3.12. The molecule has 28 heavy (non-hydrogen) atoms. The van der Waals surface area contributed by atoms with Gasteiger partial charge in [0.05, 0.1) is 6.04 Å². The van der Waals surface area contributed by atoms with Gasteiger partial charge in [0.15, 0.2) is 5.78 Å². The van der Waals surface area contributed by atoms with E-state index in [2.05, 4.69) is 5.32 Å². The minimum atomic E-state index is -0.936. The molecule has 0 aromatic heterocycles. The summed E-state index contributed by atoms with van der Waals surface area (Å²) in [6.45, 7) is 1.68. The second-order valence-electron chi connectivity index (χ2n) is 7.40. The highest BCUT2D eigenvalue weighted by molar-refractivity contribution is 5.94. The molecule has 2 atom stereocenters. The van der Waals surface area contributed by atoms with Crippen LogP contribution in [0.5, 0.6) is 0 Å². The number of amides is 1. The van der Waals surface area contributed by atoms with Crippen molar-refractivity contribution in [1.82, 2.24) is 5.32 Å². The van der Waals surface area contributed by atoms with Gasteiger partial charge in [0.25, 0.3) is 0 Å². The van der Waals surface area contributed by atoms with Gasteiger partial charge in [-0.15, -0.1) is 0 Å². The highest BCUT2D eigenvalue weighted by Gasteiger charge is 2.31. The number of hydrogen-bond acceptors (Lipinski definition) is 3. The summed E-state index contributed by atoms with van der Waals surface area (Å²) in [5.74, 6) is -1.93. The third-order valence-electron chi connectivity index (χ3n) is 5.40. The molecule has 5 heteroatoms. The first-order valence-corrected chi connectivity index (χ1v) is 9.63. The summed E-state index contributed by atoms with van der Waals surface area (Å²) in [6.07, 6.45) is 1.49. The van der Waals surface area contributed by atoms with E-state index in [1.165, 1.54) is 11.1 Å². The lowest BCUT2D eigenvalue weighted by Gasteiger charge is -2.22. The SMILES string of the molecule is C[C@H](NC(=O)C1Cc2ccccc2C1)C(=O)C(CCC(=O)O)c1ccccc1. The molecule has 0 aliphatic heterocycles. The van der Waals surface area contributed by atoms with Crippen molar-refractivity contribution >= 4 is 17.7 Å². The molecular weight excluding hydrogens is 354 g/mol. The molecule has 1 unspecified atom stereocenters. The van der Waals surface area contributed by atoms with Gasteiger partial charge in [-0.1, -0.05) is 54.6 Å². The fourth-order valence-electron chi connectivity index (χ4n) is 3.87. The summed E-state index contributed by atoms with van der Waals surface area (Å²) < 4.78 is 0. The van der Waals surface area contributed by atoms with Crippen LogP contribution in [0.25, 0.3) is 0 Å². The number of carboxylic acids is 1. The zero-order valence-electron chi connectivity index (χ0n) is 15.9. The normalized spacial score (nSPS) is 15.5. The smallest absolute Gasteiger partial charge is 0.303 e. The van der Waals surface area contributed by atoms with Crippen LogP contribution in [0.3, 0.4) is 0 Å². The summed E-state index contributed by atoms with van der Waals surface area (Å²) in [5, 5.41) is 11.9. The summed E-state index contributed by atoms with van der Waals surface area (Å²) in [7, 11) is 0. The third-order valence-corrected chi connectivity index (χ3v) is 5.40. The van der Waals surface area contributed by atoms with Gasteiger partial charge in [0.2, 0.25) is 5.91 Å². The topological polar surface area (TPSA) is 83.5 Å². The van der Waals surface area contributed by atoms with Crippen molar-refractivity contribution in [2.24, 2.45) is 5.92 Å².